The summed E-state index contributed by atoms with van der Waals surface area (Å²) in [5.74, 6) is 1.50. The highest BCUT2D eigenvalue weighted by Gasteiger charge is 2.12. The molecule has 0 saturated heterocycles. The lowest BCUT2D eigenvalue weighted by Gasteiger charge is -2.14. The first-order chi connectivity index (χ1) is 21.6. The highest BCUT2D eigenvalue weighted by molar-refractivity contribution is 5.90. The smallest absolute Gasteiger partial charge is 0.338 e. The number of carbonyl (C=O) groups is 1. The van der Waals surface area contributed by atoms with Crippen molar-refractivity contribution in [3.63, 3.8) is 0 Å². The van der Waals surface area contributed by atoms with E-state index in [1.807, 2.05) is 49.4 Å². The van der Waals surface area contributed by atoms with Crippen LogP contribution in [0.4, 0.5) is 0 Å². The Morgan fingerprint density at radius 3 is 1.93 bits per heavy atom. The SMILES string of the molecule is CCCCCCCCCCCCCCOc1ccc2c(OCc3ccc(C(=O)O[C@H](C)CCCCCC)cc3)cccc2c1. The largest absolute Gasteiger partial charge is 0.494 e. The quantitative estimate of drug-likeness (QED) is 0.0755. The van der Waals surface area contributed by atoms with Gasteiger partial charge in [-0.05, 0) is 73.5 Å². The Hall–Kier alpha value is -3.01. The van der Waals surface area contributed by atoms with Gasteiger partial charge < -0.3 is 14.2 Å². The van der Waals surface area contributed by atoms with Crippen LogP contribution in [0.3, 0.4) is 0 Å². The van der Waals surface area contributed by atoms with Crippen LogP contribution < -0.4 is 9.47 Å². The summed E-state index contributed by atoms with van der Waals surface area (Å²) in [6.07, 6.45) is 21.7. The fraction of sp³-hybridized carbons (Fsp3) is 0.575. The van der Waals surface area contributed by atoms with E-state index in [2.05, 4.69) is 32.0 Å². The van der Waals surface area contributed by atoms with Gasteiger partial charge in [0.2, 0.25) is 0 Å². The summed E-state index contributed by atoms with van der Waals surface area (Å²) in [4.78, 5) is 12.5. The number of rotatable bonds is 24. The maximum Gasteiger partial charge on any atom is 0.338 e. The molecule has 3 aromatic carbocycles. The predicted octanol–water partition coefficient (Wildman–Crippen LogP) is 12.0. The number of esters is 1. The molecular weight excluding hydrogens is 544 g/mol. The van der Waals surface area contributed by atoms with Gasteiger partial charge in [0.1, 0.15) is 18.1 Å². The highest BCUT2D eigenvalue weighted by atomic mass is 16.5. The molecule has 0 bridgehead atoms. The fourth-order valence-electron chi connectivity index (χ4n) is 5.65. The number of benzene rings is 3. The third-order valence-electron chi connectivity index (χ3n) is 8.43. The minimum atomic E-state index is -0.258. The normalized spacial score (nSPS) is 11.9. The lowest BCUT2D eigenvalue weighted by Crippen LogP contribution is -2.15. The molecule has 0 aliphatic heterocycles. The zero-order valence-electron chi connectivity index (χ0n) is 27.9. The van der Waals surface area contributed by atoms with Crippen LogP contribution in [0.15, 0.2) is 60.7 Å². The molecule has 0 radical (unpaired) electrons. The van der Waals surface area contributed by atoms with Gasteiger partial charge in [-0.1, -0.05) is 128 Å². The van der Waals surface area contributed by atoms with Gasteiger partial charge in [-0.25, -0.2) is 4.79 Å². The third kappa shape index (κ3) is 13.7. The maximum absolute atomic E-state index is 12.5. The number of hydrogen-bond acceptors (Lipinski definition) is 4. The zero-order valence-corrected chi connectivity index (χ0v) is 27.9. The number of hydrogen-bond donors (Lipinski definition) is 0. The molecule has 3 rings (SSSR count). The standard InChI is InChI=1S/C40H58O4/c1-4-6-8-10-11-12-13-14-15-16-17-19-30-42-37-28-29-38-36(31-37)22-20-23-39(38)43-32-34-24-26-35(27-25-34)40(41)44-33(3)21-18-9-7-5-2/h20,22-29,31,33H,4-19,21,30,32H2,1-3H3/t33-/m1/s1. The third-order valence-corrected chi connectivity index (χ3v) is 8.43. The predicted molar refractivity (Wildman–Crippen MR) is 185 cm³/mol. The van der Waals surface area contributed by atoms with Gasteiger partial charge in [-0.2, -0.15) is 0 Å². The Morgan fingerprint density at radius 2 is 1.27 bits per heavy atom. The molecule has 0 aliphatic rings. The van der Waals surface area contributed by atoms with Crippen molar-refractivity contribution < 1.29 is 19.0 Å². The van der Waals surface area contributed by atoms with Crippen LogP contribution in [-0.4, -0.2) is 18.7 Å². The Balaban J connectivity index is 1.35. The van der Waals surface area contributed by atoms with Crippen molar-refractivity contribution in [2.75, 3.05) is 6.61 Å². The molecule has 0 aromatic heterocycles. The summed E-state index contributed by atoms with van der Waals surface area (Å²) in [6, 6.07) is 19.9. The molecule has 4 heteroatoms. The summed E-state index contributed by atoms with van der Waals surface area (Å²) in [7, 11) is 0. The molecule has 3 aromatic rings. The van der Waals surface area contributed by atoms with E-state index in [4.69, 9.17) is 14.2 Å². The maximum atomic E-state index is 12.5. The summed E-state index contributed by atoms with van der Waals surface area (Å²) in [6.45, 7) is 7.65. The van der Waals surface area contributed by atoms with Gasteiger partial charge in [-0.15, -0.1) is 0 Å². The topological polar surface area (TPSA) is 44.8 Å². The first kappa shape index (κ1) is 35.5. The second-order valence-corrected chi connectivity index (χ2v) is 12.4. The molecule has 0 fully saturated rings. The van der Waals surface area contributed by atoms with Gasteiger partial charge in [0.25, 0.3) is 0 Å². The van der Waals surface area contributed by atoms with Crippen LogP contribution in [0.5, 0.6) is 11.5 Å². The molecule has 0 N–H and O–H groups in total. The Bertz CT molecular complexity index is 1190. The van der Waals surface area contributed by atoms with Crippen molar-refractivity contribution in [3.8, 4) is 11.5 Å². The van der Waals surface area contributed by atoms with E-state index in [0.717, 1.165) is 53.7 Å². The Labute approximate surface area is 267 Å². The van der Waals surface area contributed by atoms with Gasteiger partial charge in [-0.3, -0.25) is 0 Å². The minimum absolute atomic E-state index is 0.0611. The average Bonchev–Trinajstić information content (AvgIpc) is 3.04. The monoisotopic (exact) mass is 602 g/mol. The number of carbonyl (C=O) groups excluding carboxylic acids is 1. The molecule has 242 valence electrons. The van der Waals surface area contributed by atoms with Crippen LogP contribution in [0.25, 0.3) is 10.8 Å². The van der Waals surface area contributed by atoms with Crippen LogP contribution in [-0.2, 0) is 11.3 Å². The number of unbranched alkanes of at least 4 members (excludes halogenated alkanes) is 14. The van der Waals surface area contributed by atoms with E-state index >= 15 is 0 Å². The number of ether oxygens (including phenoxy) is 3. The highest BCUT2D eigenvalue weighted by Crippen LogP contribution is 2.29. The summed E-state index contributed by atoms with van der Waals surface area (Å²) >= 11 is 0. The molecule has 0 unspecified atom stereocenters. The van der Waals surface area contributed by atoms with Crippen molar-refractivity contribution >= 4 is 16.7 Å². The summed E-state index contributed by atoms with van der Waals surface area (Å²) in [5.41, 5.74) is 1.59. The molecular formula is C40H58O4. The lowest BCUT2D eigenvalue weighted by atomic mass is 10.1. The van der Waals surface area contributed by atoms with Crippen molar-refractivity contribution in [1.29, 1.82) is 0 Å². The van der Waals surface area contributed by atoms with Gasteiger partial charge >= 0.3 is 5.97 Å². The van der Waals surface area contributed by atoms with Crippen molar-refractivity contribution in [2.24, 2.45) is 0 Å². The van der Waals surface area contributed by atoms with Crippen LogP contribution >= 0.6 is 0 Å². The van der Waals surface area contributed by atoms with Crippen molar-refractivity contribution in [3.05, 3.63) is 71.8 Å². The molecule has 0 spiro atoms. The van der Waals surface area contributed by atoms with Crippen LogP contribution in [0, 0.1) is 0 Å². The van der Waals surface area contributed by atoms with E-state index in [0.29, 0.717) is 12.2 Å². The molecule has 0 amide bonds. The van der Waals surface area contributed by atoms with E-state index in [1.165, 1.54) is 89.9 Å². The Morgan fingerprint density at radius 1 is 0.659 bits per heavy atom. The summed E-state index contributed by atoms with van der Waals surface area (Å²) < 4.78 is 17.9. The van der Waals surface area contributed by atoms with E-state index in [9.17, 15) is 4.79 Å². The fourth-order valence-corrected chi connectivity index (χ4v) is 5.65. The van der Waals surface area contributed by atoms with Crippen molar-refractivity contribution in [2.45, 2.75) is 143 Å². The van der Waals surface area contributed by atoms with E-state index < -0.39 is 0 Å². The van der Waals surface area contributed by atoms with Gasteiger partial charge in [0, 0.05) is 5.39 Å². The first-order valence-electron chi connectivity index (χ1n) is 17.7. The zero-order chi connectivity index (χ0) is 31.2. The molecule has 44 heavy (non-hydrogen) atoms. The Kier molecular flexibility index (Phi) is 17.5. The first-order valence-corrected chi connectivity index (χ1v) is 17.7. The number of fused-ring (bicyclic) bond motifs is 1. The molecule has 0 saturated carbocycles. The van der Waals surface area contributed by atoms with Gasteiger partial charge in [0.05, 0.1) is 18.3 Å². The molecule has 0 heterocycles. The lowest BCUT2D eigenvalue weighted by molar-refractivity contribution is 0.0319. The van der Waals surface area contributed by atoms with E-state index in [-0.39, 0.29) is 12.1 Å². The van der Waals surface area contributed by atoms with E-state index in [1.54, 1.807) is 0 Å². The van der Waals surface area contributed by atoms with Gasteiger partial charge in [0.15, 0.2) is 0 Å². The van der Waals surface area contributed by atoms with Crippen LogP contribution in [0.1, 0.15) is 146 Å². The molecule has 0 aliphatic carbocycles. The minimum Gasteiger partial charge on any atom is -0.494 e. The van der Waals surface area contributed by atoms with Crippen molar-refractivity contribution in [1.82, 2.24) is 0 Å². The summed E-state index contributed by atoms with van der Waals surface area (Å²) in [5, 5.41) is 2.18. The molecule has 1 atom stereocenters. The molecule has 4 nitrogen and oxygen atoms in total. The second-order valence-electron chi connectivity index (χ2n) is 12.4. The van der Waals surface area contributed by atoms with Crippen LogP contribution in [0.2, 0.25) is 0 Å². The second kappa shape index (κ2) is 21.7. The average molecular weight is 603 g/mol.